The summed E-state index contributed by atoms with van der Waals surface area (Å²) in [6, 6.07) is 15.9. The fourth-order valence-corrected chi connectivity index (χ4v) is 2.19. The molecule has 24 heavy (non-hydrogen) atoms. The summed E-state index contributed by atoms with van der Waals surface area (Å²) in [4.78, 5) is 12.2. The number of aliphatic hydroxyl groups is 1. The summed E-state index contributed by atoms with van der Waals surface area (Å²) in [6.45, 7) is 2.06. The van der Waals surface area contributed by atoms with E-state index in [-0.39, 0.29) is 25.2 Å². The first-order valence-corrected chi connectivity index (χ1v) is 7.80. The average molecular weight is 324 g/mol. The highest BCUT2D eigenvalue weighted by atomic mass is 16.5. The van der Waals surface area contributed by atoms with Gasteiger partial charge in [0.2, 0.25) is 0 Å². The molecule has 0 aromatic heterocycles. The number of hydrogen-bond donors (Lipinski definition) is 2. The van der Waals surface area contributed by atoms with E-state index < -0.39 is 0 Å². The van der Waals surface area contributed by atoms with Gasteiger partial charge >= 0.3 is 0 Å². The molecular weight excluding hydrogens is 304 g/mol. The lowest BCUT2D eigenvalue weighted by atomic mass is 10.1. The molecule has 1 amide bonds. The number of carbonyl (C=O) groups is 1. The van der Waals surface area contributed by atoms with Gasteiger partial charge in [0.15, 0.2) is 0 Å². The fraction of sp³-hybridized carbons (Fsp3) is 0.263. The van der Waals surface area contributed by atoms with E-state index >= 15 is 0 Å². The fourth-order valence-electron chi connectivity index (χ4n) is 2.19. The van der Waals surface area contributed by atoms with E-state index in [0.29, 0.717) is 23.3 Å². The summed E-state index contributed by atoms with van der Waals surface area (Å²) in [7, 11) is 0. The maximum Gasteiger partial charge on any atom is 0.251 e. The Morgan fingerprint density at radius 2 is 2.08 bits per heavy atom. The Kier molecular flexibility index (Phi) is 6.35. The van der Waals surface area contributed by atoms with Crippen LogP contribution in [-0.4, -0.2) is 23.7 Å². The highest BCUT2D eigenvalue weighted by Crippen LogP contribution is 2.17. The second-order valence-electron chi connectivity index (χ2n) is 5.35. The molecule has 0 fully saturated rings. The number of nitrogens with one attached hydrogen (secondary N) is 1. The Hall–Kier alpha value is -2.84. The van der Waals surface area contributed by atoms with Crippen LogP contribution in [0, 0.1) is 11.3 Å². The van der Waals surface area contributed by atoms with Crippen LogP contribution >= 0.6 is 0 Å². The van der Waals surface area contributed by atoms with E-state index in [1.807, 2.05) is 19.1 Å². The van der Waals surface area contributed by atoms with Crippen molar-refractivity contribution in [3.8, 4) is 11.8 Å². The molecule has 1 atom stereocenters. The first-order chi connectivity index (χ1) is 11.7. The number of carbonyl (C=O) groups excluding carboxylic acids is 1. The molecule has 0 bridgehead atoms. The lowest BCUT2D eigenvalue weighted by Crippen LogP contribution is -2.36. The van der Waals surface area contributed by atoms with E-state index in [4.69, 9.17) is 10.00 Å². The number of amides is 1. The van der Waals surface area contributed by atoms with Crippen molar-refractivity contribution >= 4 is 5.91 Å². The maximum atomic E-state index is 12.2. The van der Waals surface area contributed by atoms with Gasteiger partial charge in [0.05, 0.1) is 24.3 Å². The van der Waals surface area contributed by atoms with Gasteiger partial charge in [-0.05, 0) is 30.7 Å². The molecular formula is C19H20N2O3. The first kappa shape index (κ1) is 17.5. The van der Waals surface area contributed by atoms with Crippen molar-refractivity contribution in [1.29, 1.82) is 5.26 Å². The minimum absolute atomic E-state index is 0.0939. The summed E-state index contributed by atoms with van der Waals surface area (Å²) < 4.78 is 5.70. The van der Waals surface area contributed by atoms with Crippen molar-refractivity contribution in [2.75, 3.05) is 6.61 Å². The van der Waals surface area contributed by atoms with Crippen molar-refractivity contribution in [2.24, 2.45) is 0 Å². The monoisotopic (exact) mass is 324 g/mol. The molecule has 2 rings (SSSR count). The number of ether oxygens (including phenoxy) is 1. The SMILES string of the molecule is CCC(CO)NC(=O)c1cccc(OCc2ccccc2C#N)c1. The van der Waals surface area contributed by atoms with Gasteiger partial charge in [-0.2, -0.15) is 5.26 Å². The summed E-state index contributed by atoms with van der Waals surface area (Å²) in [5, 5.41) is 21.0. The van der Waals surface area contributed by atoms with Crippen LogP contribution in [-0.2, 0) is 6.61 Å². The van der Waals surface area contributed by atoms with Gasteiger partial charge in [-0.15, -0.1) is 0 Å². The van der Waals surface area contributed by atoms with Gasteiger partial charge in [-0.1, -0.05) is 31.2 Å². The summed E-state index contributed by atoms with van der Waals surface area (Å²) in [5.74, 6) is 0.297. The number of aliphatic hydroxyl groups excluding tert-OH is 1. The Morgan fingerprint density at radius 3 is 2.79 bits per heavy atom. The van der Waals surface area contributed by atoms with Crippen LogP contribution in [0.3, 0.4) is 0 Å². The van der Waals surface area contributed by atoms with Crippen molar-refractivity contribution in [2.45, 2.75) is 26.0 Å². The Balaban J connectivity index is 2.05. The van der Waals surface area contributed by atoms with Crippen molar-refractivity contribution in [3.05, 3.63) is 65.2 Å². The predicted octanol–water partition coefficient (Wildman–Crippen LogP) is 2.64. The molecule has 2 N–H and O–H groups in total. The number of nitrogens with zero attached hydrogens (tertiary/aromatic N) is 1. The lowest BCUT2D eigenvalue weighted by Gasteiger charge is -2.14. The van der Waals surface area contributed by atoms with E-state index in [1.54, 1.807) is 36.4 Å². The van der Waals surface area contributed by atoms with Crippen LogP contribution in [0.15, 0.2) is 48.5 Å². The Bertz CT molecular complexity index is 733. The Labute approximate surface area is 141 Å². The van der Waals surface area contributed by atoms with Crippen LogP contribution in [0.1, 0.15) is 34.8 Å². The van der Waals surface area contributed by atoms with Gasteiger partial charge in [-0.3, -0.25) is 4.79 Å². The molecule has 2 aromatic rings. The normalized spacial score (nSPS) is 11.4. The third-order valence-corrected chi connectivity index (χ3v) is 3.68. The van der Waals surface area contributed by atoms with Gasteiger partial charge in [0, 0.05) is 11.1 Å². The van der Waals surface area contributed by atoms with E-state index in [9.17, 15) is 9.90 Å². The molecule has 0 aliphatic heterocycles. The first-order valence-electron chi connectivity index (χ1n) is 7.80. The molecule has 0 saturated carbocycles. The van der Waals surface area contributed by atoms with E-state index in [2.05, 4.69) is 11.4 Å². The van der Waals surface area contributed by atoms with Gasteiger partial charge in [-0.25, -0.2) is 0 Å². The zero-order chi connectivity index (χ0) is 17.4. The quantitative estimate of drug-likeness (QED) is 0.820. The zero-order valence-electron chi connectivity index (χ0n) is 13.5. The van der Waals surface area contributed by atoms with Gasteiger partial charge < -0.3 is 15.2 Å². The molecule has 1 unspecified atom stereocenters. The van der Waals surface area contributed by atoms with Crippen LogP contribution in [0.4, 0.5) is 0 Å². The number of hydrogen-bond acceptors (Lipinski definition) is 4. The highest BCUT2D eigenvalue weighted by Gasteiger charge is 2.12. The third-order valence-electron chi connectivity index (χ3n) is 3.68. The smallest absolute Gasteiger partial charge is 0.251 e. The molecule has 2 aromatic carbocycles. The van der Waals surface area contributed by atoms with Crippen LogP contribution in [0.25, 0.3) is 0 Å². The molecule has 0 aliphatic rings. The van der Waals surface area contributed by atoms with Crippen molar-refractivity contribution < 1.29 is 14.6 Å². The number of nitriles is 1. The third kappa shape index (κ3) is 4.58. The molecule has 0 spiro atoms. The summed E-state index contributed by atoms with van der Waals surface area (Å²) >= 11 is 0. The van der Waals surface area contributed by atoms with Crippen molar-refractivity contribution in [3.63, 3.8) is 0 Å². The maximum absolute atomic E-state index is 12.2. The molecule has 5 nitrogen and oxygen atoms in total. The van der Waals surface area contributed by atoms with Gasteiger partial charge in [0.25, 0.3) is 5.91 Å². The molecule has 124 valence electrons. The topological polar surface area (TPSA) is 82.3 Å². The molecule has 0 saturated heterocycles. The van der Waals surface area contributed by atoms with Crippen LogP contribution in [0.2, 0.25) is 0 Å². The number of benzene rings is 2. The second kappa shape index (κ2) is 8.70. The van der Waals surface area contributed by atoms with Crippen LogP contribution < -0.4 is 10.1 Å². The number of rotatable bonds is 7. The van der Waals surface area contributed by atoms with E-state index in [0.717, 1.165) is 5.56 Å². The molecule has 0 heterocycles. The zero-order valence-corrected chi connectivity index (χ0v) is 13.5. The minimum Gasteiger partial charge on any atom is -0.489 e. The summed E-state index contributed by atoms with van der Waals surface area (Å²) in [6.07, 6.45) is 0.656. The van der Waals surface area contributed by atoms with E-state index in [1.165, 1.54) is 0 Å². The van der Waals surface area contributed by atoms with Gasteiger partial charge in [0.1, 0.15) is 12.4 Å². The molecule has 5 heteroatoms. The predicted molar refractivity (Wildman–Crippen MR) is 90.6 cm³/mol. The lowest BCUT2D eigenvalue weighted by molar-refractivity contribution is 0.0914. The van der Waals surface area contributed by atoms with Crippen molar-refractivity contribution in [1.82, 2.24) is 5.32 Å². The average Bonchev–Trinajstić information content (AvgIpc) is 2.64. The second-order valence-corrected chi connectivity index (χ2v) is 5.35. The summed E-state index contributed by atoms with van der Waals surface area (Å²) in [5.41, 5.74) is 1.83. The largest absolute Gasteiger partial charge is 0.489 e. The molecule has 0 radical (unpaired) electrons. The Morgan fingerprint density at radius 1 is 1.29 bits per heavy atom. The highest BCUT2D eigenvalue weighted by molar-refractivity contribution is 5.94. The van der Waals surface area contributed by atoms with Crippen LogP contribution in [0.5, 0.6) is 5.75 Å². The molecule has 0 aliphatic carbocycles. The minimum atomic E-state index is -0.260. The standard InChI is InChI=1S/C19H20N2O3/c1-2-17(12-22)21-19(23)14-8-5-9-18(10-14)24-13-16-7-4-3-6-15(16)11-20/h3-10,17,22H,2,12-13H2,1H3,(H,21,23).